The summed E-state index contributed by atoms with van der Waals surface area (Å²) in [4.78, 5) is 23.6. The second-order valence-corrected chi connectivity index (χ2v) is 9.71. The zero-order valence-corrected chi connectivity index (χ0v) is 19.7. The van der Waals surface area contributed by atoms with E-state index in [1.54, 1.807) is 0 Å². The van der Waals surface area contributed by atoms with Crippen molar-refractivity contribution in [3.63, 3.8) is 0 Å². The minimum absolute atomic E-state index is 0.0125. The maximum absolute atomic E-state index is 13.4. The van der Waals surface area contributed by atoms with Crippen molar-refractivity contribution in [3.05, 3.63) is 106 Å². The fraction of sp³-hybridized carbons (Fsp3) is 0.259. The first-order valence-corrected chi connectivity index (χ1v) is 12.1. The fourth-order valence-electron chi connectivity index (χ4n) is 4.65. The summed E-state index contributed by atoms with van der Waals surface area (Å²) in [5.74, 6) is -1.63. The highest BCUT2D eigenvalue weighted by Crippen LogP contribution is 2.52. The summed E-state index contributed by atoms with van der Waals surface area (Å²) < 4.78 is 39.1. The van der Waals surface area contributed by atoms with Gasteiger partial charge < -0.3 is 10.4 Å². The molecular formula is C27H24F3NO3S. The third kappa shape index (κ3) is 4.93. The van der Waals surface area contributed by atoms with Crippen molar-refractivity contribution in [1.82, 2.24) is 5.32 Å². The Morgan fingerprint density at radius 1 is 0.943 bits per heavy atom. The van der Waals surface area contributed by atoms with Crippen LogP contribution in [-0.2, 0) is 33.4 Å². The summed E-state index contributed by atoms with van der Waals surface area (Å²) in [7, 11) is 0. The van der Waals surface area contributed by atoms with E-state index in [2.05, 4.69) is 5.32 Å². The van der Waals surface area contributed by atoms with Gasteiger partial charge in [-0.25, -0.2) is 4.79 Å². The largest absolute Gasteiger partial charge is 0.480 e. The molecule has 1 atom stereocenters. The average Bonchev–Trinajstić information content (AvgIpc) is 2.96. The van der Waals surface area contributed by atoms with E-state index in [4.69, 9.17) is 0 Å². The van der Waals surface area contributed by atoms with Gasteiger partial charge in [-0.15, -0.1) is 11.8 Å². The Bertz CT molecular complexity index is 1190. The number of rotatable bonds is 6. The number of carbonyl (C=O) groups is 2. The number of benzene rings is 3. The summed E-state index contributed by atoms with van der Waals surface area (Å²) in [5, 5.41) is 12.2. The predicted molar refractivity (Wildman–Crippen MR) is 129 cm³/mol. The first-order valence-electron chi connectivity index (χ1n) is 11.1. The van der Waals surface area contributed by atoms with Crippen molar-refractivity contribution in [2.24, 2.45) is 0 Å². The molecule has 1 aliphatic rings. The standard InChI is InChI=1S/C27H24F3NO3S/c1-17(32)31-24(25(33)34)16-35-26(20-12-14-21(15-13-20)27(28,29)30)22-8-4-2-6-18(22)10-11-19-7-3-5-9-23(19)26/h2-9,12-15,24H,10-11,16H2,1H3,(H,31,32)(H,33,34)/t24-/m0/s1. The van der Waals surface area contributed by atoms with Crippen molar-refractivity contribution >= 4 is 23.6 Å². The molecule has 3 aromatic rings. The Morgan fingerprint density at radius 3 is 1.91 bits per heavy atom. The first kappa shape index (κ1) is 24.9. The maximum Gasteiger partial charge on any atom is 0.416 e. The lowest BCUT2D eigenvalue weighted by Gasteiger charge is -2.37. The third-order valence-electron chi connectivity index (χ3n) is 6.22. The molecule has 0 radical (unpaired) electrons. The maximum atomic E-state index is 13.4. The summed E-state index contributed by atoms with van der Waals surface area (Å²) in [6.45, 7) is 1.25. The van der Waals surface area contributed by atoms with Crippen LogP contribution >= 0.6 is 11.8 Å². The highest BCUT2D eigenvalue weighted by Gasteiger charge is 2.43. The van der Waals surface area contributed by atoms with Gasteiger partial charge in [-0.3, -0.25) is 4.79 Å². The highest BCUT2D eigenvalue weighted by molar-refractivity contribution is 8.00. The molecule has 4 nitrogen and oxygen atoms in total. The van der Waals surface area contributed by atoms with Crippen LogP contribution in [0.15, 0.2) is 72.8 Å². The second kappa shape index (κ2) is 9.77. The lowest BCUT2D eigenvalue weighted by atomic mass is 9.81. The van der Waals surface area contributed by atoms with Gasteiger partial charge in [0.1, 0.15) is 6.04 Å². The van der Waals surface area contributed by atoms with Gasteiger partial charge in [0.25, 0.3) is 0 Å². The molecular weight excluding hydrogens is 475 g/mol. The lowest BCUT2D eigenvalue weighted by molar-refractivity contribution is -0.140. The molecule has 182 valence electrons. The summed E-state index contributed by atoms with van der Waals surface area (Å²) in [6, 6.07) is 19.5. The van der Waals surface area contributed by atoms with Crippen LogP contribution in [0.5, 0.6) is 0 Å². The zero-order chi connectivity index (χ0) is 25.2. The van der Waals surface area contributed by atoms with Crippen LogP contribution in [0, 0.1) is 0 Å². The van der Waals surface area contributed by atoms with Crippen LogP contribution in [0.3, 0.4) is 0 Å². The number of carboxylic acids is 1. The van der Waals surface area contributed by atoms with Crippen LogP contribution in [0.4, 0.5) is 13.2 Å². The number of nitrogens with one attached hydrogen (secondary N) is 1. The van der Waals surface area contributed by atoms with Gasteiger partial charge in [0.05, 0.1) is 10.3 Å². The van der Waals surface area contributed by atoms with E-state index in [-0.39, 0.29) is 5.75 Å². The predicted octanol–water partition coefficient (Wildman–Crippen LogP) is 5.42. The number of hydrogen-bond acceptors (Lipinski definition) is 3. The molecule has 0 unspecified atom stereocenters. The summed E-state index contributed by atoms with van der Waals surface area (Å²) in [6.07, 6.45) is -2.99. The lowest BCUT2D eigenvalue weighted by Crippen LogP contribution is -2.43. The molecule has 0 aromatic heterocycles. The van der Waals surface area contributed by atoms with Crippen LogP contribution in [0.1, 0.15) is 40.3 Å². The molecule has 1 aliphatic carbocycles. The fourth-order valence-corrected chi connectivity index (χ4v) is 6.30. The van der Waals surface area contributed by atoms with E-state index in [0.29, 0.717) is 5.56 Å². The van der Waals surface area contributed by atoms with Crippen LogP contribution in [-0.4, -0.2) is 28.8 Å². The number of hydrogen-bond donors (Lipinski definition) is 2. The molecule has 4 rings (SSSR count). The first-order chi connectivity index (χ1) is 16.6. The van der Waals surface area contributed by atoms with E-state index < -0.39 is 34.4 Å². The van der Waals surface area contributed by atoms with Gasteiger partial charge >= 0.3 is 12.1 Å². The number of alkyl halides is 3. The number of carbonyl (C=O) groups excluding carboxylic acids is 1. The number of halogens is 3. The molecule has 0 bridgehead atoms. The molecule has 0 fully saturated rings. The quantitative estimate of drug-likeness (QED) is 0.476. The van der Waals surface area contributed by atoms with Crippen molar-refractivity contribution in [3.8, 4) is 0 Å². The van der Waals surface area contributed by atoms with Gasteiger partial charge in [-0.05, 0) is 52.8 Å². The van der Waals surface area contributed by atoms with Gasteiger partial charge in [0.15, 0.2) is 0 Å². The van der Waals surface area contributed by atoms with E-state index in [0.717, 1.165) is 47.2 Å². The minimum Gasteiger partial charge on any atom is -0.480 e. The molecule has 3 aromatic carbocycles. The normalized spacial score (nSPS) is 15.3. The monoisotopic (exact) mass is 499 g/mol. The summed E-state index contributed by atoms with van der Waals surface area (Å²) in [5.41, 5.74) is 3.76. The SMILES string of the molecule is CC(=O)N[C@@H](CSC1(c2ccc(C(F)(F)F)cc2)c2ccccc2CCc2ccccc21)C(=O)O. The topological polar surface area (TPSA) is 66.4 Å². The number of thioether (sulfide) groups is 1. The highest BCUT2D eigenvalue weighted by atomic mass is 32.2. The second-order valence-electron chi connectivity index (χ2n) is 8.47. The van der Waals surface area contributed by atoms with Crippen molar-refractivity contribution in [1.29, 1.82) is 0 Å². The van der Waals surface area contributed by atoms with Gasteiger partial charge in [0, 0.05) is 12.7 Å². The van der Waals surface area contributed by atoms with Gasteiger partial charge in [0.2, 0.25) is 5.91 Å². The van der Waals surface area contributed by atoms with E-state index in [9.17, 15) is 27.9 Å². The average molecular weight is 500 g/mol. The van der Waals surface area contributed by atoms with Crippen molar-refractivity contribution < 1.29 is 27.9 Å². The summed E-state index contributed by atoms with van der Waals surface area (Å²) >= 11 is 1.31. The Balaban J connectivity index is 1.95. The number of aliphatic carboxylic acids is 1. The molecule has 0 heterocycles. The zero-order valence-electron chi connectivity index (χ0n) is 18.9. The Morgan fingerprint density at radius 2 is 1.46 bits per heavy atom. The van der Waals surface area contributed by atoms with Crippen LogP contribution in [0.25, 0.3) is 0 Å². The van der Waals surface area contributed by atoms with Gasteiger partial charge in [-0.1, -0.05) is 60.7 Å². The van der Waals surface area contributed by atoms with E-state index in [1.807, 2.05) is 48.5 Å². The van der Waals surface area contributed by atoms with E-state index in [1.165, 1.54) is 30.8 Å². The van der Waals surface area contributed by atoms with Crippen LogP contribution < -0.4 is 5.32 Å². The van der Waals surface area contributed by atoms with Gasteiger partial charge in [-0.2, -0.15) is 13.2 Å². The molecule has 0 saturated heterocycles. The number of fused-ring (bicyclic) bond motifs is 2. The van der Waals surface area contributed by atoms with Crippen molar-refractivity contribution in [2.45, 2.75) is 36.7 Å². The number of aryl methyl sites for hydroxylation is 2. The smallest absolute Gasteiger partial charge is 0.416 e. The molecule has 35 heavy (non-hydrogen) atoms. The van der Waals surface area contributed by atoms with E-state index >= 15 is 0 Å². The Hall–Kier alpha value is -3.26. The number of carboxylic acid groups (broad SMARTS) is 1. The molecule has 0 aliphatic heterocycles. The minimum atomic E-state index is -4.47. The molecule has 8 heteroatoms. The molecule has 0 saturated carbocycles. The third-order valence-corrected chi connectivity index (χ3v) is 7.83. The van der Waals surface area contributed by atoms with Crippen LogP contribution in [0.2, 0.25) is 0 Å². The molecule has 0 spiro atoms. The van der Waals surface area contributed by atoms with Crippen molar-refractivity contribution in [2.75, 3.05) is 5.75 Å². The molecule has 1 amide bonds. The molecule has 2 N–H and O–H groups in total. The Kier molecular flexibility index (Phi) is 6.94. The number of amides is 1. The Labute approximate surface area is 205 Å².